The van der Waals surface area contributed by atoms with Crippen molar-refractivity contribution >= 4 is 110 Å². The van der Waals surface area contributed by atoms with Crippen molar-refractivity contribution in [3.05, 3.63) is 0 Å². The van der Waals surface area contributed by atoms with Gasteiger partial charge >= 0.3 is 170 Å². The van der Waals surface area contributed by atoms with Gasteiger partial charge in [0.25, 0.3) is 0 Å². The molecule has 104 valence electrons. The molecule has 3 fully saturated rings. The quantitative estimate of drug-likeness (QED) is 0.303. The first-order valence-corrected chi connectivity index (χ1v) is 17.9. The van der Waals surface area contributed by atoms with Crippen LogP contribution in [-0.4, -0.2) is 108 Å². The van der Waals surface area contributed by atoms with Crippen molar-refractivity contribution in [2.24, 2.45) is 5.92 Å². The minimum absolute atomic E-state index is 0.401. The van der Waals surface area contributed by atoms with Crippen molar-refractivity contribution in [2.75, 3.05) is 11.5 Å². The molecule has 0 bridgehead atoms. The second-order valence-corrected chi connectivity index (χ2v) is 21.6. The Morgan fingerprint density at radius 1 is 1.06 bits per heavy atom. The van der Waals surface area contributed by atoms with Crippen LogP contribution in [0.5, 0.6) is 0 Å². The van der Waals surface area contributed by atoms with E-state index >= 15 is 0 Å². The molecule has 0 radical (unpaired) electrons. The molecule has 3 aliphatic heterocycles. The summed E-state index contributed by atoms with van der Waals surface area (Å²) in [5, 5.41) is 2.17. The summed E-state index contributed by atoms with van der Waals surface area (Å²) in [5.41, 5.74) is 0. The van der Waals surface area contributed by atoms with Crippen LogP contribution in [0.15, 0.2) is 0 Å². The average Bonchev–Trinajstić information content (AvgIpc) is 3.25. The Morgan fingerprint density at radius 2 is 1.67 bits per heavy atom. The van der Waals surface area contributed by atoms with Gasteiger partial charge in [0.2, 0.25) is 0 Å². The van der Waals surface area contributed by atoms with Crippen LogP contribution in [0.2, 0.25) is 18.9 Å². The Labute approximate surface area is 166 Å². The van der Waals surface area contributed by atoms with Crippen molar-refractivity contribution < 1.29 is 0 Å². The van der Waals surface area contributed by atoms with E-state index in [1.54, 1.807) is 19.8 Å². The van der Waals surface area contributed by atoms with Gasteiger partial charge in [-0.3, -0.25) is 0 Å². The molecule has 6 heteroatoms. The third-order valence-corrected chi connectivity index (χ3v) is 22.3. The Bertz CT molecular complexity index is 255. The molecule has 0 spiro atoms. The standard InChI is InChI=1S/C12H20S2Te4/c15-10(1-7-3-13-7)9-5-17-6-18-12(9)11(16)2-8-4-14-8/h7-12,15-16H,1-6H2. The van der Waals surface area contributed by atoms with Crippen LogP contribution in [0.3, 0.4) is 0 Å². The fourth-order valence-electron chi connectivity index (χ4n) is 2.51. The minimum atomic E-state index is 0.401. The Morgan fingerprint density at radius 3 is 2.28 bits per heavy atom. The van der Waals surface area contributed by atoms with E-state index in [0.29, 0.717) is 41.8 Å². The molecular weight excluding hydrogens is 719 g/mol. The van der Waals surface area contributed by atoms with Crippen LogP contribution in [0.4, 0.5) is 0 Å². The molecule has 0 aromatic rings. The summed E-state index contributed by atoms with van der Waals surface area (Å²) in [6.45, 7) is 0. The molecule has 0 nitrogen and oxygen atoms in total. The summed E-state index contributed by atoms with van der Waals surface area (Å²) in [4.78, 5) is 0. The fourth-order valence-corrected chi connectivity index (χ4v) is 24.9. The number of hydrogen-bond donors (Lipinski definition) is 0. The van der Waals surface area contributed by atoms with E-state index in [4.69, 9.17) is 0 Å². The van der Waals surface area contributed by atoms with Gasteiger partial charge in [-0.2, -0.15) is 0 Å². The van der Waals surface area contributed by atoms with Gasteiger partial charge in [0.05, 0.1) is 0 Å². The zero-order valence-electron chi connectivity index (χ0n) is 10.2. The van der Waals surface area contributed by atoms with E-state index in [2.05, 4.69) is 68.1 Å². The number of thioether (sulfide) groups is 2. The third kappa shape index (κ3) is 5.20. The van der Waals surface area contributed by atoms with E-state index in [0.717, 1.165) is 18.4 Å². The first-order chi connectivity index (χ1) is 8.74. The Kier molecular flexibility index (Phi) is 7.52. The molecule has 0 aromatic carbocycles. The van der Waals surface area contributed by atoms with E-state index in [1.807, 2.05) is 0 Å². The fraction of sp³-hybridized carbons (Fsp3) is 1.00. The summed E-state index contributed by atoms with van der Waals surface area (Å²) in [6, 6.07) is 0. The maximum atomic E-state index is 2.22. The van der Waals surface area contributed by atoms with Gasteiger partial charge in [-0.05, 0) is 0 Å². The third-order valence-electron chi connectivity index (χ3n) is 3.76. The maximum absolute atomic E-state index is 2.22. The molecule has 0 aromatic heterocycles. The second-order valence-electron chi connectivity index (χ2n) is 5.30. The van der Waals surface area contributed by atoms with Crippen LogP contribution in [0, 0.1) is 5.92 Å². The molecule has 0 amide bonds. The van der Waals surface area contributed by atoms with Crippen molar-refractivity contribution in [1.82, 2.24) is 0 Å². The van der Waals surface area contributed by atoms with Crippen LogP contribution < -0.4 is 0 Å². The van der Waals surface area contributed by atoms with Gasteiger partial charge in [0.1, 0.15) is 0 Å². The molecular formula is C12H20S2Te4. The topological polar surface area (TPSA) is 0 Å². The monoisotopic (exact) mass is 748 g/mol. The second kappa shape index (κ2) is 8.10. The Balaban J connectivity index is 1.56. The van der Waals surface area contributed by atoms with E-state index in [1.165, 1.54) is 21.4 Å². The first kappa shape index (κ1) is 16.7. The van der Waals surface area contributed by atoms with Crippen molar-refractivity contribution in [3.8, 4) is 0 Å². The SMILES string of the molecule is [TeH]C(CC1CS1)C1C[Te]C[Te]C1C([TeH])CC1CS1. The van der Waals surface area contributed by atoms with Crippen molar-refractivity contribution in [1.29, 1.82) is 0 Å². The predicted octanol–water partition coefficient (Wildman–Crippen LogP) is 2.00. The van der Waals surface area contributed by atoms with Gasteiger partial charge in [-0.15, -0.1) is 0 Å². The molecule has 0 saturated carbocycles. The normalized spacial score (nSPS) is 42.3. The molecule has 0 N–H and O–H groups in total. The van der Waals surface area contributed by atoms with Crippen LogP contribution in [0.25, 0.3) is 0 Å². The van der Waals surface area contributed by atoms with Gasteiger partial charge in [-0.25, -0.2) is 0 Å². The summed E-state index contributed by atoms with van der Waals surface area (Å²) >= 11 is 9.72. The van der Waals surface area contributed by atoms with Crippen LogP contribution >= 0.6 is 23.5 Å². The zero-order chi connectivity index (χ0) is 12.5. The Hall–Kier alpha value is 3.86. The molecule has 3 rings (SSSR count). The number of rotatable bonds is 6. The summed E-state index contributed by atoms with van der Waals surface area (Å²) in [6.07, 6.45) is 3.17. The number of hydrogen-bond acceptors (Lipinski definition) is 2. The first-order valence-electron chi connectivity index (χ1n) is 6.52. The summed E-state index contributed by atoms with van der Waals surface area (Å²) in [7, 11) is 0. The van der Waals surface area contributed by atoms with Gasteiger partial charge in [-0.1, -0.05) is 0 Å². The van der Waals surface area contributed by atoms with Crippen molar-refractivity contribution in [2.45, 2.75) is 42.2 Å². The van der Waals surface area contributed by atoms with Gasteiger partial charge < -0.3 is 0 Å². The van der Waals surface area contributed by atoms with Crippen molar-refractivity contribution in [3.63, 3.8) is 0 Å². The molecule has 6 atom stereocenters. The zero-order valence-corrected chi connectivity index (χ0v) is 21.6. The molecule has 6 unspecified atom stereocenters. The van der Waals surface area contributed by atoms with Crippen LogP contribution in [0.1, 0.15) is 12.8 Å². The molecule has 3 saturated heterocycles. The molecule has 18 heavy (non-hydrogen) atoms. The predicted molar refractivity (Wildman–Crippen MR) is 91.9 cm³/mol. The molecule has 3 heterocycles. The summed E-state index contributed by atoms with van der Waals surface area (Å²) < 4.78 is 6.99. The summed E-state index contributed by atoms with van der Waals surface area (Å²) in [5.74, 6) is 4.18. The average molecular weight is 739 g/mol. The molecule has 0 aliphatic carbocycles. The van der Waals surface area contributed by atoms with E-state index in [9.17, 15) is 0 Å². The van der Waals surface area contributed by atoms with Gasteiger partial charge in [0, 0.05) is 0 Å². The molecule has 3 aliphatic rings. The van der Waals surface area contributed by atoms with Crippen LogP contribution in [-0.2, 0) is 0 Å². The van der Waals surface area contributed by atoms with E-state index in [-0.39, 0.29) is 0 Å². The van der Waals surface area contributed by atoms with Gasteiger partial charge in [0.15, 0.2) is 0 Å². The van der Waals surface area contributed by atoms with E-state index < -0.39 is 0 Å².